The van der Waals surface area contributed by atoms with Crippen molar-refractivity contribution in [1.29, 1.82) is 0 Å². The Labute approximate surface area is 68.3 Å². The lowest BCUT2D eigenvalue weighted by molar-refractivity contribution is 0.126. The zero-order valence-electron chi connectivity index (χ0n) is 6.72. The first kappa shape index (κ1) is 10.4. The molecule has 1 unspecified atom stereocenters. The van der Waals surface area contributed by atoms with E-state index in [0.717, 1.165) is 0 Å². The van der Waals surface area contributed by atoms with Crippen molar-refractivity contribution in [3.05, 3.63) is 0 Å². The van der Waals surface area contributed by atoms with Crippen molar-refractivity contribution in [2.45, 2.75) is 25.7 Å². The van der Waals surface area contributed by atoms with E-state index in [1.165, 1.54) is 0 Å². The maximum absolute atomic E-state index is 8.70. The number of aliphatic hydroxyl groups excluding tert-OH is 1. The first-order chi connectivity index (χ1) is 4.49. The summed E-state index contributed by atoms with van der Waals surface area (Å²) < 4.78 is 5.49. The summed E-state index contributed by atoms with van der Waals surface area (Å²) >= 11 is 5.51. The SMILES string of the molecule is C[Si](C)(C)OC(CO)CCl. The maximum atomic E-state index is 8.70. The van der Waals surface area contributed by atoms with Gasteiger partial charge in [-0.3, -0.25) is 0 Å². The highest BCUT2D eigenvalue weighted by Gasteiger charge is 2.19. The zero-order chi connectivity index (χ0) is 8.20. The van der Waals surface area contributed by atoms with Crippen LogP contribution in [0.2, 0.25) is 19.6 Å². The van der Waals surface area contributed by atoms with Crippen LogP contribution in [0.15, 0.2) is 0 Å². The van der Waals surface area contributed by atoms with Gasteiger partial charge in [0.1, 0.15) is 0 Å². The average molecular weight is 183 g/mol. The summed E-state index contributed by atoms with van der Waals surface area (Å²) in [6, 6.07) is 0. The fourth-order valence-corrected chi connectivity index (χ4v) is 2.04. The molecule has 1 atom stereocenters. The number of rotatable bonds is 4. The fraction of sp³-hybridized carbons (Fsp3) is 1.00. The van der Waals surface area contributed by atoms with Gasteiger partial charge in [-0.25, -0.2) is 0 Å². The van der Waals surface area contributed by atoms with Gasteiger partial charge in [0.2, 0.25) is 0 Å². The van der Waals surface area contributed by atoms with Gasteiger partial charge in [-0.2, -0.15) is 0 Å². The van der Waals surface area contributed by atoms with Crippen molar-refractivity contribution < 1.29 is 9.53 Å². The van der Waals surface area contributed by atoms with Gasteiger partial charge in [0.05, 0.1) is 12.7 Å². The summed E-state index contributed by atoms with van der Waals surface area (Å²) in [7, 11) is -1.51. The third-order valence-electron chi connectivity index (χ3n) is 0.896. The van der Waals surface area contributed by atoms with Crippen molar-refractivity contribution in [3.8, 4) is 0 Å². The van der Waals surface area contributed by atoms with Crippen LogP contribution < -0.4 is 0 Å². The Morgan fingerprint density at radius 3 is 2.10 bits per heavy atom. The van der Waals surface area contributed by atoms with E-state index in [1.54, 1.807) is 0 Å². The summed E-state index contributed by atoms with van der Waals surface area (Å²) in [4.78, 5) is 0. The fourth-order valence-electron chi connectivity index (χ4n) is 0.618. The summed E-state index contributed by atoms with van der Waals surface area (Å²) in [5.74, 6) is 0.376. The van der Waals surface area contributed by atoms with Gasteiger partial charge in [-0.05, 0) is 19.6 Å². The van der Waals surface area contributed by atoms with Crippen molar-refractivity contribution in [2.24, 2.45) is 0 Å². The molecule has 0 fully saturated rings. The van der Waals surface area contributed by atoms with Crippen LogP contribution in [0.3, 0.4) is 0 Å². The van der Waals surface area contributed by atoms with Gasteiger partial charge < -0.3 is 9.53 Å². The number of aliphatic hydroxyl groups is 1. The molecule has 62 valence electrons. The smallest absolute Gasteiger partial charge is 0.184 e. The minimum atomic E-state index is -1.51. The van der Waals surface area contributed by atoms with Crippen LogP contribution in [0.4, 0.5) is 0 Å². The van der Waals surface area contributed by atoms with Crippen LogP contribution >= 0.6 is 11.6 Å². The van der Waals surface area contributed by atoms with Crippen LogP contribution in [-0.4, -0.2) is 32.0 Å². The normalized spacial score (nSPS) is 15.3. The van der Waals surface area contributed by atoms with E-state index in [2.05, 4.69) is 19.6 Å². The molecule has 0 aliphatic heterocycles. The molecule has 10 heavy (non-hydrogen) atoms. The van der Waals surface area contributed by atoms with Crippen molar-refractivity contribution in [3.63, 3.8) is 0 Å². The molecule has 0 aromatic heterocycles. The predicted octanol–water partition coefficient (Wildman–Crippen LogP) is 1.44. The maximum Gasteiger partial charge on any atom is 0.184 e. The molecule has 0 rings (SSSR count). The van der Waals surface area contributed by atoms with Gasteiger partial charge in [0.15, 0.2) is 8.32 Å². The molecule has 0 bridgehead atoms. The molecule has 0 aromatic rings. The molecule has 0 aliphatic rings. The topological polar surface area (TPSA) is 29.5 Å². The lowest BCUT2D eigenvalue weighted by atomic mass is 10.4. The van der Waals surface area contributed by atoms with Gasteiger partial charge >= 0.3 is 0 Å². The molecule has 0 saturated heterocycles. The van der Waals surface area contributed by atoms with Crippen molar-refractivity contribution in [2.75, 3.05) is 12.5 Å². The zero-order valence-corrected chi connectivity index (χ0v) is 8.48. The molecular weight excluding hydrogens is 168 g/mol. The summed E-state index contributed by atoms with van der Waals surface area (Å²) in [5, 5.41) is 8.70. The molecule has 0 saturated carbocycles. The highest BCUT2D eigenvalue weighted by Crippen LogP contribution is 2.07. The van der Waals surface area contributed by atoms with E-state index in [9.17, 15) is 0 Å². The number of alkyl halides is 1. The summed E-state index contributed by atoms with van der Waals surface area (Å²) in [6.45, 7) is 6.24. The van der Waals surface area contributed by atoms with Crippen LogP contribution in [0.25, 0.3) is 0 Å². The number of hydrogen-bond donors (Lipinski definition) is 1. The summed E-state index contributed by atoms with van der Waals surface area (Å²) in [6.07, 6.45) is -0.173. The second-order valence-corrected chi connectivity index (χ2v) is 7.96. The van der Waals surface area contributed by atoms with E-state index >= 15 is 0 Å². The minimum Gasteiger partial charge on any atom is -0.411 e. The molecular formula is C6H15ClO2Si. The first-order valence-electron chi connectivity index (χ1n) is 3.34. The molecule has 1 N–H and O–H groups in total. The Morgan fingerprint density at radius 1 is 1.50 bits per heavy atom. The standard InChI is InChI=1S/C6H15ClO2Si/c1-10(2,3)9-6(4-7)5-8/h6,8H,4-5H2,1-3H3. The lowest BCUT2D eigenvalue weighted by Crippen LogP contribution is -2.34. The van der Waals surface area contributed by atoms with Crippen LogP contribution in [-0.2, 0) is 4.43 Å². The van der Waals surface area contributed by atoms with Crippen LogP contribution in [0.5, 0.6) is 0 Å². The van der Waals surface area contributed by atoms with Crippen LogP contribution in [0.1, 0.15) is 0 Å². The van der Waals surface area contributed by atoms with Gasteiger partial charge in [-0.1, -0.05) is 0 Å². The Hall–Kier alpha value is 0.427. The second kappa shape index (κ2) is 4.33. The number of halogens is 1. The molecule has 0 heterocycles. The average Bonchev–Trinajstić information content (AvgIpc) is 1.81. The molecule has 0 radical (unpaired) electrons. The quantitative estimate of drug-likeness (QED) is 0.527. The van der Waals surface area contributed by atoms with Gasteiger partial charge in [-0.15, -0.1) is 11.6 Å². The van der Waals surface area contributed by atoms with Gasteiger partial charge in [0, 0.05) is 5.88 Å². The largest absolute Gasteiger partial charge is 0.411 e. The van der Waals surface area contributed by atoms with E-state index in [1.807, 2.05) is 0 Å². The first-order valence-corrected chi connectivity index (χ1v) is 7.28. The minimum absolute atomic E-state index is 0.0216. The Balaban J connectivity index is 3.63. The van der Waals surface area contributed by atoms with Crippen molar-refractivity contribution in [1.82, 2.24) is 0 Å². The summed E-state index contributed by atoms with van der Waals surface area (Å²) in [5.41, 5.74) is 0. The third kappa shape index (κ3) is 5.23. The molecule has 2 nitrogen and oxygen atoms in total. The van der Waals surface area contributed by atoms with Crippen molar-refractivity contribution >= 4 is 19.9 Å². The number of hydrogen-bond acceptors (Lipinski definition) is 2. The van der Waals surface area contributed by atoms with E-state index < -0.39 is 8.32 Å². The van der Waals surface area contributed by atoms with E-state index in [0.29, 0.717) is 5.88 Å². The van der Waals surface area contributed by atoms with Crippen LogP contribution in [0, 0.1) is 0 Å². The molecule has 0 aromatic carbocycles. The second-order valence-electron chi connectivity index (χ2n) is 3.19. The highest BCUT2D eigenvalue weighted by molar-refractivity contribution is 6.69. The monoisotopic (exact) mass is 182 g/mol. The molecule has 4 heteroatoms. The predicted molar refractivity (Wildman–Crippen MR) is 46.0 cm³/mol. The Bertz CT molecular complexity index is 88.2. The van der Waals surface area contributed by atoms with E-state index in [-0.39, 0.29) is 12.7 Å². The highest BCUT2D eigenvalue weighted by atomic mass is 35.5. The lowest BCUT2D eigenvalue weighted by Gasteiger charge is -2.22. The Kier molecular flexibility index (Phi) is 4.52. The molecule has 0 amide bonds. The van der Waals surface area contributed by atoms with E-state index in [4.69, 9.17) is 21.1 Å². The third-order valence-corrected chi connectivity index (χ3v) is 2.28. The molecule has 0 spiro atoms. The Morgan fingerprint density at radius 2 is 2.00 bits per heavy atom. The van der Waals surface area contributed by atoms with Gasteiger partial charge in [0.25, 0.3) is 0 Å². The molecule has 0 aliphatic carbocycles.